The molecule has 2 aromatic heterocycles. The quantitative estimate of drug-likeness (QED) is 0.811. The van der Waals surface area contributed by atoms with Crippen LogP contribution in [-0.2, 0) is 22.4 Å². The largest absolute Gasteiger partial charge is 0.452 e. The number of hydrogen-bond donors (Lipinski definition) is 1. The molecule has 138 valence electrons. The lowest BCUT2D eigenvalue weighted by Gasteiger charge is -2.15. The molecule has 1 amide bonds. The van der Waals surface area contributed by atoms with Crippen molar-refractivity contribution in [2.75, 3.05) is 11.9 Å². The number of nitrogens with zero attached hydrogens (tertiary/aromatic N) is 2. The van der Waals surface area contributed by atoms with Crippen LogP contribution in [0.3, 0.4) is 0 Å². The van der Waals surface area contributed by atoms with Crippen LogP contribution in [0.1, 0.15) is 65.4 Å². The third kappa shape index (κ3) is 3.53. The first-order valence-electron chi connectivity index (χ1n) is 9.32. The molecule has 7 heteroatoms. The molecule has 1 fully saturated rings. The van der Waals surface area contributed by atoms with Crippen LogP contribution in [0.25, 0.3) is 0 Å². The Bertz CT molecular complexity index is 805. The van der Waals surface area contributed by atoms with Gasteiger partial charge in [0.05, 0.1) is 17.8 Å². The highest BCUT2D eigenvalue weighted by molar-refractivity contribution is 7.10. The molecule has 0 aromatic carbocycles. The lowest BCUT2D eigenvalue weighted by molar-refractivity contribution is -0.119. The Hall–Kier alpha value is -2.15. The number of hydrogen-bond acceptors (Lipinski definition) is 5. The molecule has 0 radical (unpaired) electrons. The second-order valence-corrected chi connectivity index (χ2v) is 7.95. The molecular formula is C19H23N3O3S. The fourth-order valence-electron chi connectivity index (χ4n) is 3.91. The molecule has 1 N–H and O–H groups in total. The van der Waals surface area contributed by atoms with E-state index in [9.17, 15) is 9.59 Å². The maximum Gasteiger partial charge on any atom is 0.339 e. The van der Waals surface area contributed by atoms with Crippen LogP contribution < -0.4 is 5.32 Å². The van der Waals surface area contributed by atoms with E-state index in [2.05, 4.69) is 10.4 Å². The van der Waals surface area contributed by atoms with E-state index in [0.717, 1.165) is 37.7 Å². The average Bonchev–Trinajstić information content (AvgIpc) is 3.39. The van der Waals surface area contributed by atoms with Crippen LogP contribution in [0.15, 0.2) is 17.6 Å². The molecule has 0 atom stereocenters. The summed E-state index contributed by atoms with van der Waals surface area (Å²) in [6.07, 6.45) is 10.5. The van der Waals surface area contributed by atoms with Gasteiger partial charge in [0.15, 0.2) is 6.61 Å². The number of thiophene rings is 1. The van der Waals surface area contributed by atoms with Gasteiger partial charge in [0, 0.05) is 16.3 Å². The number of fused-ring (bicyclic) bond motifs is 1. The molecule has 0 aliphatic heterocycles. The van der Waals surface area contributed by atoms with Gasteiger partial charge in [-0.1, -0.05) is 12.8 Å². The van der Waals surface area contributed by atoms with Gasteiger partial charge in [0.25, 0.3) is 5.91 Å². The summed E-state index contributed by atoms with van der Waals surface area (Å²) in [5.41, 5.74) is 1.75. The van der Waals surface area contributed by atoms with Crippen molar-refractivity contribution in [3.8, 4) is 0 Å². The Balaban J connectivity index is 1.34. The molecule has 2 aliphatic rings. The van der Waals surface area contributed by atoms with Crippen molar-refractivity contribution in [2.24, 2.45) is 0 Å². The molecule has 2 aliphatic carbocycles. The lowest BCUT2D eigenvalue weighted by Crippen LogP contribution is -2.23. The molecule has 6 nitrogen and oxygen atoms in total. The second-order valence-electron chi connectivity index (χ2n) is 6.98. The molecule has 2 heterocycles. The zero-order valence-electron chi connectivity index (χ0n) is 14.7. The lowest BCUT2D eigenvalue weighted by atomic mass is 9.96. The van der Waals surface area contributed by atoms with Crippen LogP contribution in [-0.4, -0.2) is 28.3 Å². The van der Waals surface area contributed by atoms with E-state index in [0.29, 0.717) is 17.4 Å². The van der Waals surface area contributed by atoms with Gasteiger partial charge in [-0.3, -0.25) is 4.79 Å². The third-order valence-electron chi connectivity index (χ3n) is 5.22. The Kier molecular flexibility index (Phi) is 5.06. The molecule has 1 saturated carbocycles. The molecule has 26 heavy (non-hydrogen) atoms. The molecular weight excluding hydrogens is 350 g/mol. The van der Waals surface area contributed by atoms with Crippen LogP contribution in [0.4, 0.5) is 5.82 Å². The number of aryl methyl sites for hydroxylation is 1. The van der Waals surface area contributed by atoms with Crippen molar-refractivity contribution in [3.05, 3.63) is 33.6 Å². The minimum absolute atomic E-state index is 0.278. The van der Waals surface area contributed by atoms with Gasteiger partial charge in [-0.15, -0.1) is 11.3 Å². The van der Waals surface area contributed by atoms with Crippen molar-refractivity contribution in [1.29, 1.82) is 0 Å². The van der Waals surface area contributed by atoms with Crippen LogP contribution >= 0.6 is 11.3 Å². The minimum atomic E-state index is -0.399. The molecule has 0 spiro atoms. The maximum atomic E-state index is 12.3. The normalized spacial score (nSPS) is 17.1. The predicted molar refractivity (Wildman–Crippen MR) is 99.6 cm³/mol. The molecule has 0 unspecified atom stereocenters. The number of rotatable bonds is 5. The molecule has 4 rings (SSSR count). The van der Waals surface area contributed by atoms with E-state index in [-0.39, 0.29) is 12.5 Å². The van der Waals surface area contributed by atoms with E-state index in [1.54, 1.807) is 23.6 Å². The number of ether oxygens (including phenoxy) is 1. The fourth-order valence-corrected chi connectivity index (χ4v) is 5.02. The standard InChI is InChI=1S/C19H23N3O3S/c23-18(21-17-9-10-20-22(17)13-5-1-2-6-13)11-25-19(24)15-12-26-16-8-4-3-7-14(15)16/h9-10,12-13H,1-8,11H2,(H,21,23). The van der Waals surface area contributed by atoms with Crippen molar-refractivity contribution in [2.45, 2.75) is 57.4 Å². The highest BCUT2D eigenvalue weighted by atomic mass is 32.1. The zero-order valence-corrected chi connectivity index (χ0v) is 15.5. The summed E-state index contributed by atoms with van der Waals surface area (Å²) in [5, 5.41) is 9.01. The topological polar surface area (TPSA) is 73.2 Å². The van der Waals surface area contributed by atoms with E-state index < -0.39 is 5.97 Å². The van der Waals surface area contributed by atoms with Crippen molar-refractivity contribution >= 4 is 29.0 Å². The number of amides is 1. The van der Waals surface area contributed by atoms with E-state index in [4.69, 9.17) is 4.74 Å². The van der Waals surface area contributed by atoms with Crippen LogP contribution in [0.2, 0.25) is 0 Å². The minimum Gasteiger partial charge on any atom is -0.452 e. The summed E-state index contributed by atoms with van der Waals surface area (Å²) >= 11 is 1.62. The molecule has 0 bridgehead atoms. The van der Waals surface area contributed by atoms with Gasteiger partial charge in [0.1, 0.15) is 5.82 Å². The Morgan fingerprint density at radius 3 is 2.88 bits per heavy atom. The second kappa shape index (κ2) is 7.61. The number of carbonyl (C=O) groups is 2. The van der Waals surface area contributed by atoms with E-state index in [1.165, 1.54) is 24.1 Å². The van der Waals surface area contributed by atoms with Gasteiger partial charge in [-0.25, -0.2) is 9.48 Å². The summed E-state index contributed by atoms with van der Waals surface area (Å²) in [7, 11) is 0. The predicted octanol–water partition coefficient (Wildman–Crippen LogP) is 3.73. The Labute approximate surface area is 156 Å². The van der Waals surface area contributed by atoms with Gasteiger partial charge in [-0.05, 0) is 44.1 Å². The van der Waals surface area contributed by atoms with E-state index in [1.807, 2.05) is 10.1 Å². The first-order valence-corrected chi connectivity index (χ1v) is 10.2. The first kappa shape index (κ1) is 17.3. The summed E-state index contributed by atoms with van der Waals surface area (Å²) in [4.78, 5) is 25.8. The van der Waals surface area contributed by atoms with Gasteiger partial charge < -0.3 is 10.1 Å². The summed E-state index contributed by atoms with van der Waals surface area (Å²) < 4.78 is 7.13. The number of anilines is 1. The highest BCUT2D eigenvalue weighted by Gasteiger charge is 2.23. The first-order chi connectivity index (χ1) is 12.7. The van der Waals surface area contributed by atoms with Gasteiger partial charge in [-0.2, -0.15) is 5.10 Å². The SMILES string of the molecule is O=C(COC(=O)c1csc2c1CCCC2)Nc1ccnn1C1CCCC1. The van der Waals surface area contributed by atoms with Crippen molar-refractivity contribution in [1.82, 2.24) is 9.78 Å². The highest BCUT2D eigenvalue weighted by Crippen LogP contribution is 2.32. The Morgan fingerprint density at radius 1 is 1.23 bits per heavy atom. The summed E-state index contributed by atoms with van der Waals surface area (Å²) in [5.74, 6) is -0.0584. The number of nitrogens with one attached hydrogen (secondary N) is 1. The molecule has 0 saturated heterocycles. The van der Waals surface area contributed by atoms with Crippen LogP contribution in [0, 0.1) is 0 Å². The van der Waals surface area contributed by atoms with Crippen molar-refractivity contribution < 1.29 is 14.3 Å². The van der Waals surface area contributed by atoms with Crippen molar-refractivity contribution in [3.63, 3.8) is 0 Å². The van der Waals surface area contributed by atoms with Crippen LogP contribution in [0.5, 0.6) is 0 Å². The molecule has 2 aromatic rings. The number of carbonyl (C=O) groups excluding carboxylic acids is 2. The smallest absolute Gasteiger partial charge is 0.339 e. The number of aromatic nitrogens is 2. The monoisotopic (exact) mass is 373 g/mol. The summed E-state index contributed by atoms with van der Waals surface area (Å²) in [6, 6.07) is 2.13. The third-order valence-corrected chi connectivity index (χ3v) is 6.31. The summed E-state index contributed by atoms with van der Waals surface area (Å²) in [6.45, 7) is -0.278. The van der Waals surface area contributed by atoms with Gasteiger partial charge in [0.2, 0.25) is 0 Å². The zero-order chi connectivity index (χ0) is 17.9. The number of esters is 1. The Morgan fingerprint density at radius 2 is 2.04 bits per heavy atom. The fraction of sp³-hybridized carbons (Fsp3) is 0.526. The van der Waals surface area contributed by atoms with Gasteiger partial charge >= 0.3 is 5.97 Å². The average molecular weight is 373 g/mol. The van der Waals surface area contributed by atoms with E-state index >= 15 is 0 Å². The maximum absolute atomic E-state index is 12.3.